The maximum Gasteiger partial charge on any atom is 0.335 e. The Hall–Kier alpha value is -3.02. The lowest BCUT2D eigenvalue weighted by atomic mass is 10.1. The summed E-state index contributed by atoms with van der Waals surface area (Å²) in [7, 11) is 0. The van der Waals surface area contributed by atoms with Crippen molar-refractivity contribution in [2.45, 2.75) is 6.10 Å². The quantitative estimate of drug-likeness (QED) is 0.939. The Morgan fingerprint density at radius 2 is 1.79 bits per heavy atom. The van der Waals surface area contributed by atoms with Gasteiger partial charge >= 0.3 is 5.97 Å². The molecule has 0 fully saturated rings. The Morgan fingerprint density at radius 3 is 2.54 bits per heavy atom. The number of hydrogen-bond donors (Lipinski definition) is 1. The number of fused-ring (bicyclic) bond motifs is 1. The molecule has 0 saturated carbocycles. The molecule has 2 aromatic carbocycles. The molecule has 1 atom stereocenters. The highest BCUT2D eigenvalue weighted by atomic mass is 16.6. The maximum absolute atomic E-state index is 10.9. The van der Waals surface area contributed by atoms with Crippen LogP contribution in [-0.2, 0) is 4.74 Å². The normalized spacial score (nSPS) is 18.7. The van der Waals surface area contributed by atoms with Crippen LogP contribution in [0.15, 0.2) is 47.5 Å². The molecule has 2 aliphatic heterocycles. The van der Waals surface area contributed by atoms with Crippen LogP contribution in [0.1, 0.15) is 27.6 Å². The van der Waals surface area contributed by atoms with Crippen LogP contribution in [0.4, 0.5) is 0 Å². The molecule has 24 heavy (non-hydrogen) atoms. The van der Waals surface area contributed by atoms with E-state index in [1.54, 1.807) is 24.3 Å². The Morgan fingerprint density at radius 1 is 1.04 bits per heavy atom. The number of hydrogen-bond acceptors (Lipinski definition) is 5. The summed E-state index contributed by atoms with van der Waals surface area (Å²) in [4.78, 5) is 15.3. The zero-order valence-corrected chi connectivity index (χ0v) is 12.8. The van der Waals surface area contributed by atoms with Gasteiger partial charge in [-0.1, -0.05) is 6.07 Å². The van der Waals surface area contributed by atoms with Crippen molar-refractivity contribution in [2.24, 2.45) is 4.99 Å². The Bertz CT molecular complexity index is 813. The third-order valence-electron chi connectivity index (χ3n) is 3.97. The third-order valence-corrected chi connectivity index (χ3v) is 3.97. The number of carboxylic acid groups (broad SMARTS) is 1. The molecule has 0 spiro atoms. The number of carbonyl (C=O) groups is 1. The lowest BCUT2D eigenvalue weighted by Crippen LogP contribution is -2.16. The number of carboxylic acids is 1. The van der Waals surface area contributed by atoms with Crippen LogP contribution in [-0.4, -0.2) is 36.7 Å². The highest BCUT2D eigenvalue weighted by Gasteiger charge is 2.24. The Balaban J connectivity index is 1.50. The first kappa shape index (κ1) is 14.6. The molecule has 2 heterocycles. The molecule has 4 rings (SSSR count). The lowest BCUT2D eigenvalue weighted by molar-refractivity contribution is 0.0697. The average Bonchev–Trinajstić information content (AvgIpc) is 3.11. The minimum absolute atomic E-state index is 0.185. The molecule has 0 aliphatic carbocycles. The van der Waals surface area contributed by atoms with Crippen molar-refractivity contribution in [2.75, 3.05) is 19.8 Å². The maximum atomic E-state index is 10.9. The van der Waals surface area contributed by atoms with E-state index in [9.17, 15) is 4.79 Å². The molecule has 6 heteroatoms. The van der Waals surface area contributed by atoms with Gasteiger partial charge < -0.3 is 19.3 Å². The predicted octanol–water partition coefficient (Wildman–Crippen LogP) is 2.67. The molecule has 0 radical (unpaired) electrons. The average molecular weight is 325 g/mol. The Labute approximate surface area is 138 Å². The monoisotopic (exact) mass is 325 g/mol. The molecule has 0 bridgehead atoms. The Kier molecular flexibility index (Phi) is 3.57. The van der Waals surface area contributed by atoms with Gasteiger partial charge in [-0.2, -0.15) is 0 Å². The minimum Gasteiger partial charge on any atom is -0.486 e. The first-order valence-electron chi connectivity index (χ1n) is 7.65. The van der Waals surface area contributed by atoms with Crippen LogP contribution in [0.25, 0.3) is 0 Å². The van der Waals surface area contributed by atoms with E-state index in [4.69, 9.17) is 19.3 Å². The van der Waals surface area contributed by atoms with Gasteiger partial charge in [0.2, 0.25) is 5.90 Å². The van der Waals surface area contributed by atoms with Gasteiger partial charge in [0.1, 0.15) is 19.3 Å². The summed E-state index contributed by atoms with van der Waals surface area (Å²) >= 11 is 0. The second kappa shape index (κ2) is 5.88. The summed E-state index contributed by atoms with van der Waals surface area (Å²) < 4.78 is 17.0. The van der Waals surface area contributed by atoms with E-state index in [0.717, 1.165) is 22.6 Å². The van der Waals surface area contributed by atoms with Crippen molar-refractivity contribution in [3.8, 4) is 11.5 Å². The molecule has 2 aliphatic rings. The fourth-order valence-corrected chi connectivity index (χ4v) is 2.72. The minimum atomic E-state index is -0.954. The number of rotatable bonds is 3. The van der Waals surface area contributed by atoms with E-state index < -0.39 is 5.97 Å². The van der Waals surface area contributed by atoms with Crippen LogP contribution < -0.4 is 9.47 Å². The number of nitrogens with zero attached hydrogens (tertiary/aromatic N) is 1. The van der Waals surface area contributed by atoms with Crippen molar-refractivity contribution < 1.29 is 24.1 Å². The van der Waals surface area contributed by atoms with Gasteiger partial charge in [0, 0.05) is 5.56 Å². The van der Waals surface area contributed by atoms with Crippen molar-refractivity contribution >= 4 is 11.9 Å². The largest absolute Gasteiger partial charge is 0.486 e. The molecular weight excluding hydrogens is 310 g/mol. The van der Waals surface area contributed by atoms with E-state index in [0.29, 0.717) is 25.7 Å². The third kappa shape index (κ3) is 2.67. The van der Waals surface area contributed by atoms with Crippen molar-refractivity contribution in [3.05, 3.63) is 59.2 Å². The van der Waals surface area contributed by atoms with Crippen molar-refractivity contribution in [1.29, 1.82) is 0 Å². The highest BCUT2D eigenvalue weighted by molar-refractivity contribution is 5.96. The predicted molar refractivity (Wildman–Crippen MR) is 86.1 cm³/mol. The van der Waals surface area contributed by atoms with E-state index in [-0.39, 0.29) is 11.7 Å². The second-order valence-corrected chi connectivity index (χ2v) is 5.54. The van der Waals surface area contributed by atoms with Crippen LogP contribution in [0.2, 0.25) is 0 Å². The lowest BCUT2D eigenvalue weighted by Gasteiger charge is -2.20. The highest BCUT2D eigenvalue weighted by Crippen LogP contribution is 2.35. The van der Waals surface area contributed by atoms with Gasteiger partial charge in [-0.25, -0.2) is 9.79 Å². The van der Waals surface area contributed by atoms with Crippen LogP contribution in [0.3, 0.4) is 0 Å². The number of aromatic carboxylic acids is 1. The topological polar surface area (TPSA) is 77.4 Å². The smallest absolute Gasteiger partial charge is 0.335 e. The van der Waals surface area contributed by atoms with Crippen LogP contribution in [0.5, 0.6) is 11.5 Å². The first-order valence-corrected chi connectivity index (χ1v) is 7.65. The number of benzene rings is 2. The van der Waals surface area contributed by atoms with Crippen LogP contribution >= 0.6 is 0 Å². The van der Waals surface area contributed by atoms with Gasteiger partial charge in [0.15, 0.2) is 11.5 Å². The molecular formula is C18H15NO5. The van der Waals surface area contributed by atoms with Crippen molar-refractivity contribution in [3.63, 3.8) is 0 Å². The van der Waals surface area contributed by atoms with Gasteiger partial charge in [0.25, 0.3) is 0 Å². The molecule has 0 aromatic heterocycles. The van der Waals surface area contributed by atoms with E-state index >= 15 is 0 Å². The molecule has 122 valence electrons. The summed E-state index contributed by atoms with van der Waals surface area (Å²) in [6, 6.07) is 12.2. The van der Waals surface area contributed by atoms with Crippen LogP contribution in [0, 0.1) is 0 Å². The number of ether oxygens (including phenoxy) is 3. The SMILES string of the molecule is O=C(O)c1ccc(C2=NCC(c3ccc4c(c3)OCCO4)O2)cc1. The molecule has 2 aromatic rings. The molecule has 1 unspecified atom stereocenters. The summed E-state index contributed by atoms with van der Waals surface area (Å²) in [5.74, 6) is 1.03. The van der Waals surface area contributed by atoms with Gasteiger partial charge in [-0.05, 0) is 42.0 Å². The van der Waals surface area contributed by atoms with E-state index in [1.165, 1.54) is 0 Å². The zero-order chi connectivity index (χ0) is 16.5. The summed E-state index contributed by atoms with van der Waals surface area (Å²) in [6.07, 6.45) is -0.185. The standard InChI is InChI=1S/C18H15NO5/c20-18(21)12-3-1-11(2-4-12)17-19-10-16(24-17)13-5-6-14-15(9-13)23-8-7-22-14/h1-6,9,16H,7-8,10H2,(H,20,21). The first-order chi connectivity index (χ1) is 11.7. The summed E-state index contributed by atoms with van der Waals surface area (Å²) in [6.45, 7) is 1.61. The summed E-state index contributed by atoms with van der Waals surface area (Å²) in [5, 5.41) is 8.95. The number of aliphatic imine (C=N–C) groups is 1. The fourth-order valence-electron chi connectivity index (χ4n) is 2.72. The molecule has 1 N–H and O–H groups in total. The van der Waals surface area contributed by atoms with Gasteiger partial charge in [-0.3, -0.25) is 0 Å². The molecule has 0 amide bonds. The summed E-state index contributed by atoms with van der Waals surface area (Å²) in [5.41, 5.74) is 1.97. The van der Waals surface area contributed by atoms with Gasteiger partial charge in [0.05, 0.1) is 12.1 Å². The van der Waals surface area contributed by atoms with E-state index in [1.807, 2.05) is 18.2 Å². The molecule has 6 nitrogen and oxygen atoms in total. The zero-order valence-electron chi connectivity index (χ0n) is 12.8. The molecule has 0 saturated heterocycles. The van der Waals surface area contributed by atoms with Gasteiger partial charge in [-0.15, -0.1) is 0 Å². The fraction of sp³-hybridized carbons (Fsp3) is 0.222. The van der Waals surface area contributed by atoms with Crippen molar-refractivity contribution in [1.82, 2.24) is 0 Å². The van der Waals surface area contributed by atoms with E-state index in [2.05, 4.69) is 4.99 Å². The second-order valence-electron chi connectivity index (χ2n) is 5.54.